The van der Waals surface area contributed by atoms with Gasteiger partial charge in [-0.1, -0.05) is 17.3 Å². The molecule has 0 saturated heterocycles. The molecule has 2 aromatic heterocycles. The van der Waals surface area contributed by atoms with E-state index in [2.05, 4.69) is 25.6 Å². The van der Waals surface area contributed by atoms with E-state index in [1.54, 1.807) is 24.3 Å². The molecule has 1 aromatic carbocycles. The zero-order valence-corrected chi connectivity index (χ0v) is 9.24. The number of hydrogen-bond donors (Lipinski definition) is 2. The van der Waals surface area contributed by atoms with Gasteiger partial charge in [-0.25, -0.2) is 0 Å². The molecule has 3 aromatic rings. The van der Waals surface area contributed by atoms with Crippen molar-refractivity contribution in [3.63, 3.8) is 0 Å². The average molecular weight is 243 g/mol. The Hall–Kier alpha value is -2.70. The highest BCUT2D eigenvalue weighted by Crippen LogP contribution is 2.15. The molecule has 0 unspecified atom stereocenters. The molecular formula is C11H9N5O2. The van der Waals surface area contributed by atoms with E-state index in [1.807, 2.05) is 0 Å². The summed E-state index contributed by atoms with van der Waals surface area (Å²) < 4.78 is 5.12. The van der Waals surface area contributed by atoms with Crippen molar-refractivity contribution in [1.29, 1.82) is 0 Å². The van der Waals surface area contributed by atoms with Gasteiger partial charge >= 0.3 is 0 Å². The first-order chi connectivity index (χ1) is 8.81. The Labute approximate surface area is 101 Å². The van der Waals surface area contributed by atoms with E-state index in [0.717, 1.165) is 5.56 Å². The number of rotatable bonds is 3. The van der Waals surface area contributed by atoms with Gasteiger partial charge in [-0.3, -0.25) is 0 Å². The molecule has 0 saturated carbocycles. The summed E-state index contributed by atoms with van der Waals surface area (Å²) in [6.45, 7) is 0. The standard InChI is InChI=1S/C11H9N5O2/c17-8-3-1-7(2-4-8)5-10-13-11(15-18-10)9-6-12-16-14-9/h1-4,6,17H,5H2,(H,12,14,16). The second-order valence-electron chi connectivity index (χ2n) is 3.71. The minimum Gasteiger partial charge on any atom is -0.508 e. The Morgan fingerprint density at radius 2 is 2.06 bits per heavy atom. The van der Waals surface area contributed by atoms with Crippen LogP contribution in [0.5, 0.6) is 5.75 Å². The van der Waals surface area contributed by atoms with Crippen LogP contribution < -0.4 is 0 Å². The van der Waals surface area contributed by atoms with E-state index in [0.29, 0.717) is 23.8 Å². The molecule has 0 amide bonds. The van der Waals surface area contributed by atoms with Crippen LogP contribution >= 0.6 is 0 Å². The molecule has 7 heteroatoms. The van der Waals surface area contributed by atoms with Crippen LogP contribution in [0.1, 0.15) is 11.5 Å². The highest BCUT2D eigenvalue weighted by atomic mass is 16.5. The molecule has 0 atom stereocenters. The molecule has 7 nitrogen and oxygen atoms in total. The summed E-state index contributed by atoms with van der Waals surface area (Å²) in [5.74, 6) is 1.11. The van der Waals surface area contributed by atoms with Gasteiger partial charge in [-0.2, -0.15) is 20.4 Å². The highest BCUT2D eigenvalue weighted by molar-refractivity contribution is 5.45. The fourth-order valence-corrected chi connectivity index (χ4v) is 1.53. The molecule has 0 aliphatic carbocycles. The maximum Gasteiger partial charge on any atom is 0.231 e. The van der Waals surface area contributed by atoms with Crippen LogP contribution in [0.15, 0.2) is 35.0 Å². The molecule has 2 heterocycles. The summed E-state index contributed by atoms with van der Waals surface area (Å²) in [6.07, 6.45) is 2.03. The summed E-state index contributed by atoms with van der Waals surface area (Å²) in [7, 11) is 0. The predicted octanol–water partition coefficient (Wildman–Crippen LogP) is 1.15. The summed E-state index contributed by atoms with van der Waals surface area (Å²) in [6, 6.07) is 6.83. The van der Waals surface area contributed by atoms with Gasteiger partial charge in [-0.15, -0.1) is 0 Å². The first-order valence-corrected chi connectivity index (χ1v) is 5.28. The van der Waals surface area contributed by atoms with Crippen LogP contribution in [0, 0.1) is 0 Å². The van der Waals surface area contributed by atoms with Gasteiger partial charge in [0.25, 0.3) is 0 Å². The Balaban J connectivity index is 1.80. The lowest BCUT2D eigenvalue weighted by Crippen LogP contribution is -1.88. The molecule has 18 heavy (non-hydrogen) atoms. The van der Waals surface area contributed by atoms with Crippen molar-refractivity contribution in [2.75, 3.05) is 0 Å². The summed E-state index contributed by atoms with van der Waals surface area (Å²) >= 11 is 0. The minimum absolute atomic E-state index is 0.229. The lowest BCUT2D eigenvalue weighted by molar-refractivity contribution is 0.385. The number of phenolic OH excluding ortho intramolecular Hbond substituents is 1. The summed E-state index contributed by atoms with van der Waals surface area (Å²) in [5.41, 5.74) is 1.51. The molecular weight excluding hydrogens is 234 g/mol. The van der Waals surface area contributed by atoms with Gasteiger partial charge in [0.15, 0.2) is 5.69 Å². The Kier molecular flexibility index (Phi) is 2.49. The largest absolute Gasteiger partial charge is 0.508 e. The van der Waals surface area contributed by atoms with E-state index in [1.165, 1.54) is 6.20 Å². The topological polar surface area (TPSA) is 101 Å². The van der Waals surface area contributed by atoms with Gasteiger partial charge in [0, 0.05) is 0 Å². The number of aromatic hydroxyl groups is 1. The fraction of sp³-hybridized carbons (Fsp3) is 0.0909. The lowest BCUT2D eigenvalue weighted by atomic mass is 10.1. The summed E-state index contributed by atoms with van der Waals surface area (Å²) in [5, 5.41) is 23.0. The normalized spacial score (nSPS) is 10.7. The number of nitrogens with zero attached hydrogens (tertiary/aromatic N) is 4. The lowest BCUT2D eigenvalue weighted by Gasteiger charge is -1.96. The molecule has 0 fully saturated rings. The van der Waals surface area contributed by atoms with Crippen LogP contribution in [-0.4, -0.2) is 30.7 Å². The molecule has 0 radical (unpaired) electrons. The van der Waals surface area contributed by atoms with Gasteiger partial charge in [0.1, 0.15) is 5.75 Å². The zero-order valence-electron chi connectivity index (χ0n) is 9.24. The number of H-pyrrole nitrogens is 1. The number of phenols is 1. The zero-order chi connectivity index (χ0) is 12.4. The SMILES string of the molecule is Oc1ccc(Cc2nc(-c3cn[nH]n3)no2)cc1. The van der Waals surface area contributed by atoms with E-state index in [-0.39, 0.29) is 5.75 Å². The van der Waals surface area contributed by atoms with Crippen LogP contribution in [-0.2, 0) is 6.42 Å². The third kappa shape index (κ3) is 2.05. The van der Waals surface area contributed by atoms with Gasteiger partial charge in [-0.05, 0) is 17.7 Å². The third-order valence-electron chi connectivity index (χ3n) is 2.40. The molecule has 2 N–H and O–H groups in total. The maximum atomic E-state index is 9.18. The number of nitrogens with one attached hydrogen (secondary N) is 1. The minimum atomic E-state index is 0.229. The van der Waals surface area contributed by atoms with Gasteiger partial charge in [0.05, 0.1) is 12.6 Å². The molecule has 3 rings (SSSR count). The van der Waals surface area contributed by atoms with Crippen molar-refractivity contribution in [2.24, 2.45) is 0 Å². The molecule has 90 valence electrons. The van der Waals surface area contributed by atoms with Crippen molar-refractivity contribution in [3.8, 4) is 17.3 Å². The van der Waals surface area contributed by atoms with E-state index in [4.69, 9.17) is 4.52 Å². The maximum absolute atomic E-state index is 9.18. The first-order valence-electron chi connectivity index (χ1n) is 5.28. The van der Waals surface area contributed by atoms with Crippen molar-refractivity contribution in [1.82, 2.24) is 25.6 Å². The van der Waals surface area contributed by atoms with E-state index < -0.39 is 0 Å². The second-order valence-corrected chi connectivity index (χ2v) is 3.71. The molecule has 0 bridgehead atoms. The number of aromatic amines is 1. The smallest absolute Gasteiger partial charge is 0.231 e. The number of hydrogen-bond acceptors (Lipinski definition) is 6. The quantitative estimate of drug-likeness (QED) is 0.715. The fourth-order valence-electron chi connectivity index (χ4n) is 1.53. The Bertz CT molecular complexity index is 630. The van der Waals surface area contributed by atoms with Crippen molar-refractivity contribution < 1.29 is 9.63 Å². The highest BCUT2D eigenvalue weighted by Gasteiger charge is 2.11. The summed E-state index contributed by atoms with van der Waals surface area (Å²) in [4.78, 5) is 4.21. The van der Waals surface area contributed by atoms with Gasteiger partial charge in [0.2, 0.25) is 11.7 Å². The molecule has 0 aliphatic heterocycles. The van der Waals surface area contributed by atoms with Crippen LogP contribution in [0.2, 0.25) is 0 Å². The average Bonchev–Trinajstić information content (AvgIpc) is 3.02. The third-order valence-corrected chi connectivity index (χ3v) is 2.40. The molecule has 0 aliphatic rings. The van der Waals surface area contributed by atoms with Crippen LogP contribution in [0.4, 0.5) is 0 Å². The van der Waals surface area contributed by atoms with Crippen LogP contribution in [0.3, 0.4) is 0 Å². The predicted molar refractivity (Wildman–Crippen MR) is 60.6 cm³/mol. The van der Waals surface area contributed by atoms with E-state index in [9.17, 15) is 5.11 Å². The Morgan fingerprint density at radius 3 is 2.78 bits per heavy atom. The number of aromatic nitrogens is 5. The van der Waals surface area contributed by atoms with Crippen molar-refractivity contribution >= 4 is 0 Å². The van der Waals surface area contributed by atoms with E-state index >= 15 is 0 Å². The van der Waals surface area contributed by atoms with Crippen molar-refractivity contribution in [2.45, 2.75) is 6.42 Å². The van der Waals surface area contributed by atoms with Crippen LogP contribution in [0.25, 0.3) is 11.5 Å². The van der Waals surface area contributed by atoms with Crippen molar-refractivity contribution in [3.05, 3.63) is 41.9 Å². The molecule has 0 spiro atoms. The number of benzene rings is 1. The van der Waals surface area contributed by atoms with Gasteiger partial charge < -0.3 is 9.63 Å². The second kappa shape index (κ2) is 4.28. The Morgan fingerprint density at radius 1 is 1.22 bits per heavy atom. The first kappa shape index (κ1) is 10.5. The monoisotopic (exact) mass is 243 g/mol.